The Balaban J connectivity index is 1.44. The summed E-state index contributed by atoms with van der Waals surface area (Å²) < 4.78 is 7.03. The number of rotatable bonds is 4. The molecule has 7 nitrogen and oxygen atoms in total. The zero-order valence-corrected chi connectivity index (χ0v) is 16.0. The van der Waals surface area contributed by atoms with Crippen LogP contribution in [0, 0.1) is 11.8 Å². The molecule has 0 bridgehead atoms. The van der Waals surface area contributed by atoms with E-state index >= 15 is 0 Å². The van der Waals surface area contributed by atoms with Gasteiger partial charge >= 0.3 is 0 Å². The molecule has 1 aromatic rings. The molecule has 0 unspecified atom stereocenters. The predicted molar refractivity (Wildman–Crippen MR) is 100 cm³/mol. The third-order valence-electron chi connectivity index (χ3n) is 5.57. The maximum atomic E-state index is 12.5. The quantitative estimate of drug-likeness (QED) is 0.874. The minimum Gasteiger partial charge on any atom is -0.376 e. The Labute approximate surface area is 154 Å². The van der Waals surface area contributed by atoms with E-state index in [1.165, 1.54) is 4.68 Å². The number of aryl methyl sites for hydroxylation is 1. The summed E-state index contributed by atoms with van der Waals surface area (Å²) in [5, 5.41) is 7.24. The molecule has 26 heavy (non-hydrogen) atoms. The van der Waals surface area contributed by atoms with E-state index in [-0.39, 0.29) is 23.0 Å². The number of anilines is 1. The van der Waals surface area contributed by atoms with Gasteiger partial charge in [0.15, 0.2) is 0 Å². The molecule has 0 spiro atoms. The highest BCUT2D eigenvalue weighted by atomic mass is 16.5. The van der Waals surface area contributed by atoms with Gasteiger partial charge in [-0.1, -0.05) is 0 Å². The van der Waals surface area contributed by atoms with Crippen LogP contribution >= 0.6 is 0 Å². The summed E-state index contributed by atoms with van der Waals surface area (Å²) in [6.07, 6.45) is 5.36. The number of nitrogens with zero attached hydrogens (tertiary/aromatic N) is 3. The van der Waals surface area contributed by atoms with Crippen LogP contribution in [0.15, 0.2) is 17.1 Å². The van der Waals surface area contributed by atoms with E-state index < -0.39 is 0 Å². The van der Waals surface area contributed by atoms with Crippen LogP contribution in [-0.4, -0.2) is 47.5 Å². The number of amides is 1. The lowest BCUT2D eigenvalue weighted by Gasteiger charge is -2.36. The van der Waals surface area contributed by atoms with Crippen molar-refractivity contribution in [2.45, 2.75) is 45.1 Å². The van der Waals surface area contributed by atoms with Gasteiger partial charge in [0.1, 0.15) is 0 Å². The second-order valence-electron chi connectivity index (χ2n) is 8.15. The Bertz CT molecular complexity index is 692. The van der Waals surface area contributed by atoms with E-state index in [1.807, 2.05) is 13.8 Å². The SMILES string of the molecule is Cn1ncc(N2CCC(CNC(=O)[C@H]3CCOC(C)(C)C3)CC2)cc1=O. The molecule has 2 fully saturated rings. The van der Waals surface area contributed by atoms with E-state index in [2.05, 4.69) is 15.3 Å². The summed E-state index contributed by atoms with van der Waals surface area (Å²) >= 11 is 0. The lowest BCUT2D eigenvalue weighted by molar-refractivity contribution is -0.135. The molecular formula is C19H30N4O3. The van der Waals surface area contributed by atoms with Gasteiger partial charge in [-0.25, -0.2) is 4.68 Å². The van der Waals surface area contributed by atoms with E-state index in [1.54, 1.807) is 19.3 Å². The average Bonchev–Trinajstić information content (AvgIpc) is 2.61. The van der Waals surface area contributed by atoms with Gasteiger partial charge in [-0.3, -0.25) is 9.59 Å². The molecule has 144 valence electrons. The number of nitrogens with one attached hydrogen (secondary N) is 1. The second kappa shape index (κ2) is 7.78. The number of hydrogen-bond donors (Lipinski definition) is 1. The van der Waals surface area contributed by atoms with Gasteiger partial charge in [-0.15, -0.1) is 0 Å². The maximum Gasteiger partial charge on any atom is 0.268 e. The summed E-state index contributed by atoms with van der Waals surface area (Å²) in [4.78, 5) is 26.4. The molecule has 1 aromatic heterocycles. The van der Waals surface area contributed by atoms with Crippen LogP contribution < -0.4 is 15.8 Å². The van der Waals surface area contributed by atoms with E-state index in [0.29, 0.717) is 12.5 Å². The van der Waals surface area contributed by atoms with Crippen LogP contribution in [0.2, 0.25) is 0 Å². The van der Waals surface area contributed by atoms with Gasteiger partial charge in [0, 0.05) is 45.3 Å². The van der Waals surface area contributed by atoms with Crippen LogP contribution in [0.25, 0.3) is 0 Å². The lowest BCUT2D eigenvalue weighted by atomic mass is 9.87. The summed E-state index contributed by atoms with van der Waals surface area (Å²) in [6, 6.07) is 1.64. The van der Waals surface area contributed by atoms with Crippen molar-refractivity contribution in [1.29, 1.82) is 0 Å². The molecule has 3 heterocycles. The van der Waals surface area contributed by atoms with Crippen molar-refractivity contribution >= 4 is 11.6 Å². The van der Waals surface area contributed by atoms with Gasteiger partial charge in [-0.05, 0) is 45.4 Å². The zero-order chi connectivity index (χ0) is 18.7. The van der Waals surface area contributed by atoms with Gasteiger partial charge in [0.25, 0.3) is 5.56 Å². The Hall–Kier alpha value is -1.89. The molecule has 2 saturated heterocycles. The number of aromatic nitrogens is 2. The fourth-order valence-electron chi connectivity index (χ4n) is 3.87. The number of ether oxygens (including phenoxy) is 1. The van der Waals surface area contributed by atoms with E-state index in [0.717, 1.165) is 51.0 Å². The van der Waals surface area contributed by atoms with Crippen LogP contribution in [-0.2, 0) is 16.6 Å². The number of hydrogen-bond acceptors (Lipinski definition) is 5. The fourth-order valence-corrected chi connectivity index (χ4v) is 3.87. The predicted octanol–water partition coefficient (Wildman–Crippen LogP) is 1.32. The highest BCUT2D eigenvalue weighted by Gasteiger charge is 2.33. The van der Waals surface area contributed by atoms with Gasteiger partial charge in [0.2, 0.25) is 5.91 Å². The second-order valence-corrected chi connectivity index (χ2v) is 8.15. The zero-order valence-electron chi connectivity index (χ0n) is 16.0. The van der Waals surface area contributed by atoms with Crippen molar-refractivity contribution in [3.05, 3.63) is 22.6 Å². The van der Waals surface area contributed by atoms with Crippen molar-refractivity contribution in [3.8, 4) is 0 Å². The van der Waals surface area contributed by atoms with Crippen LogP contribution in [0.5, 0.6) is 0 Å². The number of piperidine rings is 1. The molecule has 7 heteroatoms. The largest absolute Gasteiger partial charge is 0.376 e. The highest BCUT2D eigenvalue weighted by molar-refractivity contribution is 5.78. The molecule has 3 rings (SSSR count). The van der Waals surface area contributed by atoms with Gasteiger partial charge < -0.3 is 15.0 Å². The van der Waals surface area contributed by atoms with Crippen molar-refractivity contribution in [2.24, 2.45) is 18.9 Å². The Kier molecular flexibility index (Phi) is 5.65. The van der Waals surface area contributed by atoms with Crippen LogP contribution in [0.3, 0.4) is 0 Å². The van der Waals surface area contributed by atoms with Gasteiger partial charge in [-0.2, -0.15) is 5.10 Å². The molecular weight excluding hydrogens is 332 g/mol. The molecule has 1 amide bonds. The molecule has 2 aliphatic rings. The smallest absolute Gasteiger partial charge is 0.268 e. The first-order valence-corrected chi connectivity index (χ1v) is 9.54. The number of carbonyl (C=O) groups is 1. The minimum atomic E-state index is -0.202. The molecule has 1 atom stereocenters. The third kappa shape index (κ3) is 4.63. The van der Waals surface area contributed by atoms with E-state index in [4.69, 9.17) is 4.74 Å². The third-order valence-corrected chi connectivity index (χ3v) is 5.57. The first-order chi connectivity index (χ1) is 12.3. The topological polar surface area (TPSA) is 76.5 Å². The van der Waals surface area contributed by atoms with Crippen molar-refractivity contribution < 1.29 is 9.53 Å². The molecule has 0 aromatic carbocycles. The van der Waals surface area contributed by atoms with Gasteiger partial charge in [0.05, 0.1) is 17.5 Å². The van der Waals surface area contributed by atoms with Crippen LogP contribution in [0.1, 0.15) is 39.5 Å². The molecule has 1 N–H and O–H groups in total. The molecule has 0 aliphatic carbocycles. The first-order valence-electron chi connectivity index (χ1n) is 9.54. The summed E-state index contributed by atoms with van der Waals surface area (Å²) in [5.74, 6) is 0.715. The lowest BCUT2D eigenvalue weighted by Crippen LogP contribution is -2.44. The summed E-state index contributed by atoms with van der Waals surface area (Å²) in [5.41, 5.74) is 0.600. The highest BCUT2D eigenvalue weighted by Crippen LogP contribution is 2.29. The van der Waals surface area contributed by atoms with Crippen molar-refractivity contribution in [3.63, 3.8) is 0 Å². The molecule has 0 radical (unpaired) electrons. The standard InChI is InChI=1S/C19H30N4O3/c1-19(2)11-15(6-9-26-19)18(25)20-12-14-4-7-23(8-5-14)16-10-17(24)22(3)21-13-16/h10,13-15H,4-9,11-12H2,1-3H3,(H,20,25)/t15-/m0/s1. The first kappa shape index (κ1) is 18.9. The Morgan fingerprint density at radius 1 is 1.35 bits per heavy atom. The van der Waals surface area contributed by atoms with Crippen molar-refractivity contribution in [2.75, 3.05) is 31.1 Å². The van der Waals surface area contributed by atoms with Crippen LogP contribution in [0.4, 0.5) is 5.69 Å². The monoisotopic (exact) mass is 362 g/mol. The average molecular weight is 362 g/mol. The fraction of sp³-hybridized carbons (Fsp3) is 0.737. The maximum absolute atomic E-state index is 12.5. The van der Waals surface area contributed by atoms with E-state index in [9.17, 15) is 9.59 Å². The number of carbonyl (C=O) groups excluding carboxylic acids is 1. The summed E-state index contributed by atoms with van der Waals surface area (Å²) in [7, 11) is 1.65. The normalized spacial score (nSPS) is 23.7. The minimum absolute atomic E-state index is 0.0606. The summed E-state index contributed by atoms with van der Waals surface area (Å²) in [6.45, 7) is 7.27. The van der Waals surface area contributed by atoms with Crippen molar-refractivity contribution in [1.82, 2.24) is 15.1 Å². The molecule has 0 saturated carbocycles. The Morgan fingerprint density at radius 3 is 2.73 bits per heavy atom. The molecule has 2 aliphatic heterocycles. The Morgan fingerprint density at radius 2 is 2.08 bits per heavy atom.